The fourth-order valence-corrected chi connectivity index (χ4v) is 1.82. The van der Waals surface area contributed by atoms with Crippen LogP contribution in [0.3, 0.4) is 0 Å². The van der Waals surface area contributed by atoms with E-state index in [1.807, 2.05) is 0 Å². The van der Waals surface area contributed by atoms with E-state index in [9.17, 15) is 0 Å². The van der Waals surface area contributed by atoms with Gasteiger partial charge in [0.2, 0.25) is 0 Å². The second-order valence-corrected chi connectivity index (χ2v) is 3.84. The van der Waals surface area contributed by atoms with Crippen molar-refractivity contribution in [2.24, 2.45) is 0 Å². The van der Waals surface area contributed by atoms with Crippen LogP contribution < -0.4 is 5.32 Å². The first-order chi connectivity index (χ1) is 5.85. The molecular formula is C8H19NO2Si. The summed E-state index contributed by atoms with van der Waals surface area (Å²) < 4.78 is 10.2. The number of ether oxygens (including phenoxy) is 2. The summed E-state index contributed by atoms with van der Waals surface area (Å²) in [6, 6.07) is 1.18. The van der Waals surface area contributed by atoms with E-state index in [1.165, 1.54) is 12.5 Å². The van der Waals surface area contributed by atoms with Crippen molar-refractivity contribution in [3.8, 4) is 0 Å². The molecule has 0 aromatic carbocycles. The number of nitrogens with one attached hydrogen (secondary N) is 1. The average molecular weight is 189 g/mol. The zero-order chi connectivity index (χ0) is 9.23. The molecule has 72 valence electrons. The van der Waals surface area contributed by atoms with Gasteiger partial charge in [-0.2, -0.15) is 0 Å². The summed E-state index contributed by atoms with van der Waals surface area (Å²) in [6.45, 7) is 4.28. The third-order valence-electron chi connectivity index (χ3n) is 1.52. The van der Waals surface area contributed by atoms with Gasteiger partial charge in [0.25, 0.3) is 0 Å². The Labute approximate surface area is 77.6 Å². The summed E-state index contributed by atoms with van der Waals surface area (Å²) in [5, 5.41) is 3.28. The molecule has 0 amide bonds. The fourth-order valence-electron chi connectivity index (χ4n) is 0.873. The lowest BCUT2D eigenvalue weighted by molar-refractivity contribution is -0.0441. The molecule has 0 aliphatic heterocycles. The molecule has 0 aliphatic rings. The average Bonchev–Trinajstić information content (AvgIpc) is 2.11. The molecule has 0 heterocycles. The minimum Gasteiger partial charge on any atom is -0.360 e. The van der Waals surface area contributed by atoms with Crippen molar-refractivity contribution in [1.82, 2.24) is 5.32 Å². The molecule has 0 aromatic rings. The van der Waals surface area contributed by atoms with Gasteiger partial charge in [-0.05, 0) is 19.5 Å². The topological polar surface area (TPSA) is 30.5 Å². The molecule has 0 aliphatic carbocycles. The van der Waals surface area contributed by atoms with Gasteiger partial charge in [0, 0.05) is 14.2 Å². The molecule has 0 bridgehead atoms. The lowest BCUT2D eigenvalue weighted by atomic mass is 10.5. The van der Waals surface area contributed by atoms with Gasteiger partial charge in [-0.25, -0.2) is 0 Å². The zero-order valence-corrected chi connectivity index (χ0v) is 9.22. The molecular weight excluding hydrogens is 170 g/mol. The van der Waals surface area contributed by atoms with Gasteiger partial charge in [-0.15, -0.1) is 0 Å². The highest BCUT2D eigenvalue weighted by atomic mass is 28.2. The lowest BCUT2D eigenvalue weighted by Crippen LogP contribution is -2.22. The first kappa shape index (κ1) is 12.1. The maximum absolute atomic E-state index is 5.08. The molecule has 0 saturated carbocycles. The molecule has 0 rings (SSSR count). The van der Waals surface area contributed by atoms with Gasteiger partial charge in [0.1, 0.15) is 15.4 Å². The molecule has 3 nitrogen and oxygen atoms in total. The zero-order valence-electron chi connectivity index (χ0n) is 8.22. The summed E-state index contributed by atoms with van der Waals surface area (Å²) in [4.78, 5) is 0. The highest BCUT2D eigenvalue weighted by Gasteiger charge is 2.04. The third kappa shape index (κ3) is 6.79. The van der Waals surface area contributed by atoms with Gasteiger partial charge in [0.05, 0.1) is 0 Å². The van der Waals surface area contributed by atoms with E-state index in [2.05, 4.69) is 12.2 Å². The molecule has 0 atom stereocenters. The van der Waals surface area contributed by atoms with Crippen molar-refractivity contribution in [2.75, 3.05) is 27.3 Å². The normalized spacial score (nSPS) is 11.0. The summed E-state index contributed by atoms with van der Waals surface area (Å²) in [5.74, 6) is 0.00614. The van der Waals surface area contributed by atoms with Gasteiger partial charge < -0.3 is 14.8 Å². The molecule has 4 heteroatoms. The van der Waals surface area contributed by atoms with E-state index in [0.29, 0.717) is 0 Å². The quantitative estimate of drug-likeness (QED) is 0.346. The largest absolute Gasteiger partial charge is 0.360 e. The van der Waals surface area contributed by atoms with Crippen molar-refractivity contribution in [3.05, 3.63) is 0 Å². The third-order valence-corrected chi connectivity index (χ3v) is 2.97. The Balaban J connectivity index is 3.06. The highest BCUT2D eigenvalue weighted by molar-refractivity contribution is 6.36. The standard InChI is InChI=1S/C8H19NO2Si/c1-4-9-6-5-7-12-8(10-2)11-3/h8-9H,4-7H2,1-3H3. The molecule has 1 N–H and O–H groups in total. The second-order valence-electron chi connectivity index (χ2n) is 2.46. The van der Waals surface area contributed by atoms with Gasteiger partial charge in [-0.3, -0.25) is 0 Å². The van der Waals surface area contributed by atoms with E-state index in [0.717, 1.165) is 22.6 Å². The molecule has 0 unspecified atom stereocenters. The van der Waals surface area contributed by atoms with Crippen LogP contribution in [0, 0.1) is 0 Å². The Morgan fingerprint density at radius 3 is 2.50 bits per heavy atom. The minimum absolute atomic E-state index is 0.00614. The first-order valence-corrected chi connectivity index (χ1v) is 5.63. The second kappa shape index (κ2) is 9.19. The minimum atomic E-state index is 0.00614. The van der Waals surface area contributed by atoms with E-state index in [-0.39, 0.29) is 5.91 Å². The number of hydrogen-bond donors (Lipinski definition) is 1. The molecule has 0 saturated heterocycles. The van der Waals surface area contributed by atoms with Crippen molar-refractivity contribution >= 4 is 9.52 Å². The summed E-state index contributed by atoms with van der Waals surface area (Å²) >= 11 is 0. The fraction of sp³-hybridized carbons (Fsp3) is 1.00. The SMILES string of the molecule is CCNCCC[Si]C(OC)OC. The van der Waals surface area contributed by atoms with E-state index >= 15 is 0 Å². The van der Waals surface area contributed by atoms with Gasteiger partial charge >= 0.3 is 0 Å². The smallest absolute Gasteiger partial charge is 0.136 e. The Kier molecular flexibility index (Phi) is 9.26. The predicted molar refractivity (Wildman–Crippen MR) is 51.5 cm³/mol. The molecule has 2 radical (unpaired) electrons. The van der Waals surface area contributed by atoms with Crippen LogP contribution >= 0.6 is 0 Å². The van der Waals surface area contributed by atoms with Crippen molar-refractivity contribution in [1.29, 1.82) is 0 Å². The summed E-state index contributed by atoms with van der Waals surface area (Å²) in [5.41, 5.74) is 0. The van der Waals surface area contributed by atoms with Crippen molar-refractivity contribution < 1.29 is 9.47 Å². The van der Waals surface area contributed by atoms with Crippen LogP contribution in [0.5, 0.6) is 0 Å². The Morgan fingerprint density at radius 2 is 2.00 bits per heavy atom. The van der Waals surface area contributed by atoms with E-state index in [1.54, 1.807) is 14.2 Å². The number of hydrogen-bond acceptors (Lipinski definition) is 3. The van der Waals surface area contributed by atoms with Gasteiger partial charge in [0.15, 0.2) is 0 Å². The van der Waals surface area contributed by atoms with Crippen LogP contribution in [0.1, 0.15) is 13.3 Å². The number of rotatable bonds is 8. The predicted octanol–water partition coefficient (Wildman–Crippen LogP) is 0.685. The Bertz CT molecular complexity index is 89.1. The van der Waals surface area contributed by atoms with Gasteiger partial charge in [-0.1, -0.05) is 13.0 Å². The molecule has 12 heavy (non-hydrogen) atoms. The summed E-state index contributed by atoms with van der Waals surface area (Å²) in [6.07, 6.45) is 1.20. The maximum atomic E-state index is 5.08. The summed E-state index contributed by atoms with van der Waals surface area (Å²) in [7, 11) is 4.12. The Hall–Kier alpha value is 0.0969. The highest BCUT2D eigenvalue weighted by Crippen LogP contribution is 1.94. The van der Waals surface area contributed by atoms with Crippen LogP contribution in [0.15, 0.2) is 0 Å². The van der Waals surface area contributed by atoms with E-state index < -0.39 is 0 Å². The van der Waals surface area contributed by atoms with Crippen LogP contribution in [0.2, 0.25) is 6.04 Å². The van der Waals surface area contributed by atoms with Crippen LogP contribution in [0.25, 0.3) is 0 Å². The molecule has 0 fully saturated rings. The van der Waals surface area contributed by atoms with Crippen molar-refractivity contribution in [2.45, 2.75) is 25.3 Å². The molecule has 0 spiro atoms. The molecule has 0 aromatic heterocycles. The van der Waals surface area contributed by atoms with Crippen LogP contribution in [0.4, 0.5) is 0 Å². The van der Waals surface area contributed by atoms with Crippen LogP contribution in [-0.4, -0.2) is 42.7 Å². The van der Waals surface area contributed by atoms with Crippen LogP contribution in [-0.2, 0) is 9.47 Å². The van der Waals surface area contributed by atoms with E-state index in [4.69, 9.17) is 9.47 Å². The number of methoxy groups -OCH3 is 2. The first-order valence-electron chi connectivity index (χ1n) is 4.34. The van der Waals surface area contributed by atoms with Crippen molar-refractivity contribution in [3.63, 3.8) is 0 Å². The monoisotopic (exact) mass is 189 g/mol. The maximum Gasteiger partial charge on any atom is 0.136 e. The Morgan fingerprint density at radius 1 is 1.33 bits per heavy atom. The lowest BCUT2D eigenvalue weighted by Gasteiger charge is -2.11.